The van der Waals surface area contributed by atoms with Crippen LogP contribution in [0.3, 0.4) is 0 Å². The van der Waals surface area contributed by atoms with Crippen LogP contribution in [0.25, 0.3) is 0 Å². The summed E-state index contributed by atoms with van der Waals surface area (Å²) < 4.78 is 29.3. The van der Waals surface area contributed by atoms with Crippen molar-refractivity contribution in [1.82, 2.24) is 10.6 Å². The third-order valence-electron chi connectivity index (χ3n) is 4.26. The Labute approximate surface area is 174 Å². The molecule has 2 aromatic rings. The zero-order valence-electron chi connectivity index (χ0n) is 17.8. The number of aliphatic imine (C=N–C) groups is 1. The van der Waals surface area contributed by atoms with Gasteiger partial charge >= 0.3 is 0 Å². The molecule has 0 aromatic heterocycles. The molecular formula is C22H31N3O3S. The van der Waals surface area contributed by atoms with E-state index < -0.39 is 9.84 Å². The van der Waals surface area contributed by atoms with Crippen LogP contribution < -0.4 is 15.4 Å². The molecule has 0 saturated carbocycles. The Morgan fingerprint density at radius 1 is 1.07 bits per heavy atom. The number of benzene rings is 2. The van der Waals surface area contributed by atoms with Gasteiger partial charge in [0.2, 0.25) is 0 Å². The van der Waals surface area contributed by atoms with Crippen LogP contribution in [0.4, 0.5) is 0 Å². The van der Waals surface area contributed by atoms with Crippen molar-refractivity contribution in [2.24, 2.45) is 10.9 Å². The van der Waals surface area contributed by atoms with E-state index in [0.29, 0.717) is 36.5 Å². The van der Waals surface area contributed by atoms with Gasteiger partial charge in [-0.25, -0.2) is 8.42 Å². The summed E-state index contributed by atoms with van der Waals surface area (Å²) >= 11 is 0. The second kappa shape index (κ2) is 10.3. The summed E-state index contributed by atoms with van der Waals surface area (Å²) in [7, 11) is -1.49. The first kappa shape index (κ1) is 22.7. The van der Waals surface area contributed by atoms with Crippen molar-refractivity contribution >= 4 is 15.8 Å². The maximum atomic E-state index is 11.7. The lowest BCUT2D eigenvalue weighted by Gasteiger charge is -2.14. The molecule has 0 bridgehead atoms. The Morgan fingerprint density at radius 3 is 2.28 bits per heavy atom. The molecule has 29 heavy (non-hydrogen) atoms. The molecule has 0 spiro atoms. The fourth-order valence-corrected chi connectivity index (χ4v) is 3.80. The maximum Gasteiger partial charge on any atom is 0.191 e. The average molecular weight is 418 g/mol. The Morgan fingerprint density at radius 2 is 1.72 bits per heavy atom. The third kappa shape index (κ3) is 7.42. The van der Waals surface area contributed by atoms with Gasteiger partial charge in [-0.2, -0.15) is 0 Å². The fraction of sp³-hybridized carbons (Fsp3) is 0.409. The zero-order chi connectivity index (χ0) is 21.4. The van der Waals surface area contributed by atoms with Gasteiger partial charge in [0.15, 0.2) is 15.8 Å². The third-order valence-corrected chi connectivity index (χ3v) is 5.52. The van der Waals surface area contributed by atoms with E-state index in [4.69, 9.17) is 4.74 Å². The lowest BCUT2D eigenvalue weighted by atomic mass is 10.1. The number of rotatable bonds is 8. The predicted octanol–water partition coefficient (Wildman–Crippen LogP) is 3.30. The summed E-state index contributed by atoms with van der Waals surface area (Å²) in [5.41, 5.74) is 2.83. The average Bonchev–Trinajstić information content (AvgIpc) is 2.66. The van der Waals surface area contributed by atoms with Crippen LogP contribution in [0.5, 0.6) is 5.75 Å². The Bertz CT molecular complexity index is 954. The molecule has 0 atom stereocenters. The van der Waals surface area contributed by atoms with Gasteiger partial charge in [0.05, 0.1) is 11.5 Å². The van der Waals surface area contributed by atoms with Crippen LogP contribution in [0.2, 0.25) is 0 Å². The summed E-state index contributed by atoms with van der Waals surface area (Å²) in [6.45, 7) is 7.90. The number of ether oxygens (including phenoxy) is 1. The lowest BCUT2D eigenvalue weighted by Crippen LogP contribution is -2.36. The standard InChI is InChI=1S/C22H31N3O3S/c1-16(2)15-28-20-8-6-7-18(12-20)13-24-22(23-4)25-14-19-9-10-21(17(3)11-19)29(5,26)27/h6-12,16H,13-15H2,1-5H3,(H2,23,24,25). The number of aryl methyl sites for hydroxylation is 1. The molecular weight excluding hydrogens is 386 g/mol. The van der Waals surface area contributed by atoms with E-state index in [9.17, 15) is 8.42 Å². The fourth-order valence-electron chi connectivity index (χ4n) is 2.84. The molecule has 0 heterocycles. The minimum atomic E-state index is -3.20. The topological polar surface area (TPSA) is 79.8 Å². The van der Waals surface area contributed by atoms with Crippen molar-refractivity contribution in [2.75, 3.05) is 19.9 Å². The van der Waals surface area contributed by atoms with Crippen LogP contribution in [0.1, 0.15) is 30.5 Å². The van der Waals surface area contributed by atoms with Gasteiger partial charge in [-0.15, -0.1) is 0 Å². The van der Waals surface area contributed by atoms with Crippen LogP contribution in [0, 0.1) is 12.8 Å². The van der Waals surface area contributed by atoms with Crippen LogP contribution in [-0.4, -0.2) is 34.3 Å². The molecule has 0 saturated heterocycles. The second-order valence-corrected chi connectivity index (χ2v) is 9.49. The van der Waals surface area contributed by atoms with E-state index in [2.05, 4.69) is 29.5 Å². The van der Waals surface area contributed by atoms with Gasteiger partial charge < -0.3 is 15.4 Å². The highest BCUT2D eigenvalue weighted by Gasteiger charge is 2.11. The van der Waals surface area contributed by atoms with Gasteiger partial charge in [-0.05, 0) is 47.7 Å². The predicted molar refractivity (Wildman–Crippen MR) is 118 cm³/mol. The van der Waals surface area contributed by atoms with Crippen LogP contribution >= 0.6 is 0 Å². The molecule has 2 N–H and O–H groups in total. The molecule has 0 amide bonds. The summed E-state index contributed by atoms with van der Waals surface area (Å²) in [5, 5.41) is 6.54. The summed E-state index contributed by atoms with van der Waals surface area (Å²) in [5.74, 6) is 2.01. The van der Waals surface area contributed by atoms with Gasteiger partial charge in [0.1, 0.15) is 5.75 Å². The minimum Gasteiger partial charge on any atom is -0.493 e. The van der Waals surface area contributed by atoms with Crippen molar-refractivity contribution in [3.63, 3.8) is 0 Å². The van der Waals surface area contributed by atoms with Gasteiger partial charge in [-0.1, -0.05) is 38.1 Å². The maximum absolute atomic E-state index is 11.7. The highest BCUT2D eigenvalue weighted by Crippen LogP contribution is 2.17. The van der Waals surface area contributed by atoms with Gasteiger partial charge in [0, 0.05) is 26.4 Å². The molecule has 0 unspecified atom stereocenters. The normalized spacial score (nSPS) is 12.1. The quantitative estimate of drug-likeness (QED) is 0.509. The summed E-state index contributed by atoms with van der Waals surface area (Å²) in [4.78, 5) is 4.61. The first-order valence-electron chi connectivity index (χ1n) is 9.65. The molecule has 2 rings (SSSR count). The van der Waals surface area contributed by atoms with Crippen LogP contribution in [-0.2, 0) is 22.9 Å². The second-order valence-electron chi connectivity index (χ2n) is 7.50. The highest BCUT2D eigenvalue weighted by molar-refractivity contribution is 7.90. The molecule has 6 nitrogen and oxygen atoms in total. The molecule has 0 fully saturated rings. The highest BCUT2D eigenvalue weighted by atomic mass is 32.2. The van der Waals surface area contributed by atoms with Crippen molar-refractivity contribution < 1.29 is 13.2 Å². The Hall–Kier alpha value is -2.54. The van der Waals surface area contributed by atoms with E-state index in [0.717, 1.165) is 22.4 Å². The first-order chi connectivity index (χ1) is 13.7. The summed E-state index contributed by atoms with van der Waals surface area (Å²) in [6.07, 6.45) is 1.22. The molecule has 0 aliphatic carbocycles. The van der Waals surface area contributed by atoms with E-state index in [1.54, 1.807) is 20.0 Å². The summed E-state index contributed by atoms with van der Waals surface area (Å²) in [6, 6.07) is 13.4. The van der Waals surface area contributed by atoms with E-state index in [-0.39, 0.29) is 0 Å². The largest absolute Gasteiger partial charge is 0.493 e. The van der Waals surface area contributed by atoms with Crippen molar-refractivity contribution in [2.45, 2.75) is 38.8 Å². The van der Waals surface area contributed by atoms with Gasteiger partial charge in [-0.3, -0.25) is 4.99 Å². The van der Waals surface area contributed by atoms with E-state index >= 15 is 0 Å². The van der Waals surface area contributed by atoms with Crippen molar-refractivity contribution in [3.05, 3.63) is 59.2 Å². The van der Waals surface area contributed by atoms with E-state index in [1.807, 2.05) is 36.4 Å². The van der Waals surface area contributed by atoms with Crippen molar-refractivity contribution in [3.8, 4) is 5.75 Å². The zero-order valence-corrected chi connectivity index (χ0v) is 18.6. The van der Waals surface area contributed by atoms with Crippen LogP contribution in [0.15, 0.2) is 52.4 Å². The molecule has 2 aromatic carbocycles. The monoisotopic (exact) mass is 417 g/mol. The molecule has 158 valence electrons. The number of nitrogens with zero attached hydrogens (tertiary/aromatic N) is 1. The SMILES string of the molecule is CN=C(NCc1cccc(OCC(C)C)c1)NCc1ccc(S(C)(=O)=O)c(C)c1. The Kier molecular flexibility index (Phi) is 8.08. The molecule has 0 aliphatic heterocycles. The number of nitrogens with one attached hydrogen (secondary N) is 2. The number of hydrogen-bond donors (Lipinski definition) is 2. The van der Waals surface area contributed by atoms with Gasteiger partial charge in [0.25, 0.3) is 0 Å². The Balaban J connectivity index is 1.92. The number of sulfone groups is 1. The molecule has 7 heteroatoms. The van der Waals surface area contributed by atoms with Crippen molar-refractivity contribution in [1.29, 1.82) is 0 Å². The number of guanidine groups is 1. The van der Waals surface area contributed by atoms with E-state index in [1.165, 1.54) is 6.26 Å². The number of hydrogen-bond acceptors (Lipinski definition) is 4. The first-order valence-corrected chi connectivity index (χ1v) is 11.5. The molecule has 0 radical (unpaired) electrons. The minimum absolute atomic E-state index is 0.364. The molecule has 0 aliphatic rings. The smallest absolute Gasteiger partial charge is 0.191 e. The lowest BCUT2D eigenvalue weighted by molar-refractivity contribution is 0.271.